The molecule has 0 spiro atoms. The third-order valence-electron chi connectivity index (χ3n) is 4.04. The van der Waals surface area contributed by atoms with Gasteiger partial charge in [0.15, 0.2) is 0 Å². The number of piperidine rings is 1. The Bertz CT molecular complexity index is 496. The van der Waals surface area contributed by atoms with Crippen LogP contribution < -0.4 is 0 Å². The van der Waals surface area contributed by atoms with E-state index < -0.39 is 0 Å². The molecule has 3 nitrogen and oxygen atoms in total. The molecule has 0 amide bonds. The first kappa shape index (κ1) is 11.7. The van der Waals surface area contributed by atoms with Crippen LogP contribution in [0.15, 0.2) is 24.4 Å². The molecular formula is C15H21N3. The van der Waals surface area contributed by atoms with Gasteiger partial charge in [-0.2, -0.15) is 0 Å². The molecule has 3 heterocycles. The molecule has 18 heavy (non-hydrogen) atoms. The number of likely N-dealkylation sites (tertiary alicyclic amines) is 1. The smallest absolute Gasteiger partial charge is 0.137 e. The number of hydrogen-bond acceptors (Lipinski definition) is 2. The summed E-state index contributed by atoms with van der Waals surface area (Å²) in [5.41, 5.74) is 2.38. The van der Waals surface area contributed by atoms with E-state index in [1.807, 2.05) is 12.3 Å². The number of aromatic amines is 1. The van der Waals surface area contributed by atoms with E-state index in [1.165, 1.54) is 37.0 Å². The molecule has 0 bridgehead atoms. The average Bonchev–Trinajstić information content (AvgIpc) is 2.82. The first-order chi connectivity index (χ1) is 8.74. The maximum absolute atomic E-state index is 4.38. The second-order valence-corrected chi connectivity index (χ2v) is 5.59. The summed E-state index contributed by atoms with van der Waals surface area (Å²) in [6.07, 6.45) is 4.44. The molecular weight excluding hydrogens is 222 g/mol. The average molecular weight is 243 g/mol. The fourth-order valence-corrected chi connectivity index (χ4v) is 2.93. The lowest BCUT2D eigenvalue weighted by molar-refractivity contribution is 0.166. The SMILES string of the molecule is CC(C)N1CCC[C@H](c2cc3cccnc3[nH]2)C1. The summed E-state index contributed by atoms with van der Waals surface area (Å²) in [5, 5.41) is 1.23. The van der Waals surface area contributed by atoms with Crippen molar-refractivity contribution < 1.29 is 0 Å². The molecule has 96 valence electrons. The van der Waals surface area contributed by atoms with Gasteiger partial charge in [0.1, 0.15) is 5.65 Å². The number of H-pyrrole nitrogens is 1. The van der Waals surface area contributed by atoms with E-state index in [9.17, 15) is 0 Å². The Kier molecular flexibility index (Phi) is 3.08. The highest BCUT2D eigenvalue weighted by atomic mass is 15.2. The Morgan fingerprint density at radius 3 is 3.11 bits per heavy atom. The van der Waals surface area contributed by atoms with Crippen LogP contribution in [0, 0.1) is 0 Å². The molecule has 2 aromatic rings. The van der Waals surface area contributed by atoms with Crippen molar-refractivity contribution in [2.45, 2.75) is 38.6 Å². The van der Waals surface area contributed by atoms with Crippen molar-refractivity contribution in [2.75, 3.05) is 13.1 Å². The number of fused-ring (bicyclic) bond motifs is 1. The van der Waals surface area contributed by atoms with Gasteiger partial charge in [0, 0.05) is 35.8 Å². The summed E-state index contributed by atoms with van der Waals surface area (Å²) < 4.78 is 0. The zero-order chi connectivity index (χ0) is 12.5. The van der Waals surface area contributed by atoms with Gasteiger partial charge in [-0.25, -0.2) is 4.98 Å². The van der Waals surface area contributed by atoms with E-state index in [1.54, 1.807) is 0 Å². The standard InChI is InChI=1S/C15H21N3/c1-11(2)18-8-4-6-13(10-18)14-9-12-5-3-7-16-15(12)17-14/h3,5,7,9,11,13H,4,6,8,10H2,1-2H3,(H,16,17)/t13-/m0/s1. The molecule has 1 aliphatic heterocycles. The molecule has 0 radical (unpaired) electrons. The van der Waals surface area contributed by atoms with E-state index in [2.05, 4.69) is 40.8 Å². The summed E-state index contributed by atoms with van der Waals surface area (Å²) in [4.78, 5) is 10.4. The molecule has 1 N–H and O–H groups in total. The highest BCUT2D eigenvalue weighted by Crippen LogP contribution is 2.29. The van der Waals surface area contributed by atoms with Gasteiger partial charge in [-0.15, -0.1) is 0 Å². The fourth-order valence-electron chi connectivity index (χ4n) is 2.93. The van der Waals surface area contributed by atoms with Crippen molar-refractivity contribution in [3.63, 3.8) is 0 Å². The molecule has 1 fully saturated rings. The predicted octanol–water partition coefficient (Wildman–Crippen LogP) is 3.15. The van der Waals surface area contributed by atoms with Gasteiger partial charge in [0.2, 0.25) is 0 Å². The highest BCUT2D eigenvalue weighted by Gasteiger charge is 2.24. The predicted molar refractivity (Wildman–Crippen MR) is 74.8 cm³/mol. The second kappa shape index (κ2) is 4.73. The minimum Gasteiger partial charge on any atom is -0.343 e. The van der Waals surface area contributed by atoms with Gasteiger partial charge in [0.05, 0.1) is 0 Å². The van der Waals surface area contributed by atoms with Gasteiger partial charge in [-0.05, 0) is 51.4 Å². The normalized spacial score (nSPS) is 21.8. The van der Waals surface area contributed by atoms with Crippen LogP contribution in [0.5, 0.6) is 0 Å². The van der Waals surface area contributed by atoms with Gasteiger partial charge in [-0.1, -0.05) is 0 Å². The van der Waals surface area contributed by atoms with Crippen LogP contribution in [-0.2, 0) is 0 Å². The lowest BCUT2D eigenvalue weighted by Crippen LogP contribution is -2.39. The molecule has 0 unspecified atom stereocenters. The maximum atomic E-state index is 4.38. The molecule has 2 aromatic heterocycles. The summed E-state index contributed by atoms with van der Waals surface area (Å²) in [6.45, 7) is 6.99. The number of rotatable bonds is 2. The zero-order valence-corrected chi connectivity index (χ0v) is 11.2. The van der Waals surface area contributed by atoms with Crippen molar-refractivity contribution in [3.05, 3.63) is 30.1 Å². The number of nitrogens with zero attached hydrogens (tertiary/aromatic N) is 2. The van der Waals surface area contributed by atoms with Crippen LogP contribution in [0.1, 0.15) is 38.3 Å². The lowest BCUT2D eigenvalue weighted by Gasteiger charge is -2.35. The fraction of sp³-hybridized carbons (Fsp3) is 0.533. The van der Waals surface area contributed by atoms with Crippen LogP contribution in [0.25, 0.3) is 11.0 Å². The van der Waals surface area contributed by atoms with Gasteiger partial charge in [-0.3, -0.25) is 0 Å². The van der Waals surface area contributed by atoms with Gasteiger partial charge in [0.25, 0.3) is 0 Å². The lowest BCUT2D eigenvalue weighted by atomic mass is 9.94. The summed E-state index contributed by atoms with van der Waals surface area (Å²) in [6, 6.07) is 7.05. The largest absolute Gasteiger partial charge is 0.343 e. The number of hydrogen-bond donors (Lipinski definition) is 1. The van der Waals surface area contributed by atoms with Crippen LogP contribution in [0.3, 0.4) is 0 Å². The first-order valence-electron chi connectivity index (χ1n) is 6.92. The number of pyridine rings is 1. The molecule has 1 saturated heterocycles. The van der Waals surface area contributed by atoms with Crippen LogP contribution in [-0.4, -0.2) is 34.0 Å². The van der Waals surface area contributed by atoms with Crippen LogP contribution >= 0.6 is 0 Å². The summed E-state index contributed by atoms with van der Waals surface area (Å²) in [5.74, 6) is 0.635. The quantitative estimate of drug-likeness (QED) is 0.878. The Hall–Kier alpha value is -1.35. The summed E-state index contributed by atoms with van der Waals surface area (Å²) in [7, 11) is 0. The third kappa shape index (κ3) is 2.15. The highest BCUT2D eigenvalue weighted by molar-refractivity contribution is 5.76. The van der Waals surface area contributed by atoms with E-state index in [-0.39, 0.29) is 0 Å². The van der Waals surface area contributed by atoms with E-state index in [0.717, 1.165) is 5.65 Å². The molecule has 3 rings (SSSR count). The second-order valence-electron chi connectivity index (χ2n) is 5.59. The van der Waals surface area contributed by atoms with Crippen molar-refractivity contribution in [2.24, 2.45) is 0 Å². The number of aromatic nitrogens is 2. The molecule has 1 atom stereocenters. The molecule has 3 heteroatoms. The van der Waals surface area contributed by atoms with Crippen molar-refractivity contribution in [1.82, 2.24) is 14.9 Å². The molecule has 0 aromatic carbocycles. The van der Waals surface area contributed by atoms with E-state index in [0.29, 0.717) is 12.0 Å². The van der Waals surface area contributed by atoms with Crippen LogP contribution in [0.2, 0.25) is 0 Å². The van der Waals surface area contributed by atoms with Gasteiger partial charge >= 0.3 is 0 Å². The molecule has 0 aliphatic carbocycles. The van der Waals surface area contributed by atoms with Gasteiger partial charge < -0.3 is 9.88 Å². The maximum Gasteiger partial charge on any atom is 0.137 e. The third-order valence-corrected chi connectivity index (χ3v) is 4.04. The minimum absolute atomic E-state index is 0.635. The Morgan fingerprint density at radius 2 is 2.33 bits per heavy atom. The Labute approximate surface area is 108 Å². The van der Waals surface area contributed by atoms with E-state index >= 15 is 0 Å². The Morgan fingerprint density at radius 1 is 1.44 bits per heavy atom. The van der Waals surface area contributed by atoms with Crippen molar-refractivity contribution in [3.8, 4) is 0 Å². The number of nitrogens with one attached hydrogen (secondary N) is 1. The monoisotopic (exact) mass is 243 g/mol. The van der Waals surface area contributed by atoms with Crippen molar-refractivity contribution in [1.29, 1.82) is 0 Å². The molecule has 1 aliphatic rings. The van der Waals surface area contributed by atoms with Crippen molar-refractivity contribution >= 4 is 11.0 Å². The first-order valence-corrected chi connectivity index (χ1v) is 6.92. The van der Waals surface area contributed by atoms with Crippen LogP contribution in [0.4, 0.5) is 0 Å². The Balaban J connectivity index is 1.85. The topological polar surface area (TPSA) is 31.9 Å². The zero-order valence-electron chi connectivity index (χ0n) is 11.2. The summed E-state index contributed by atoms with van der Waals surface area (Å²) >= 11 is 0. The molecule has 0 saturated carbocycles. The minimum atomic E-state index is 0.635. The van der Waals surface area contributed by atoms with E-state index in [4.69, 9.17) is 0 Å².